The second kappa shape index (κ2) is 9.89. The summed E-state index contributed by atoms with van der Waals surface area (Å²) in [7, 11) is -4.13. The number of sulfone groups is 1. The van der Waals surface area contributed by atoms with Crippen LogP contribution in [-0.2, 0) is 15.4 Å². The van der Waals surface area contributed by atoms with E-state index < -0.39 is 22.4 Å². The van der Waals surface area contributed by atoms with Gasteiger partial charge in [0, 0.05) is 19.3 Å². The lowest BCUT2D eigenvalue weighted by molar-refractivity contribution is 0.397. The van der Waals surface area contributed by atoms with E-state index in [0.29, 0.717) is 12.2 Å². The number of benzene rings is 3. The standard InChI is InChI=1S/C28H28BN3O3S/c1-29(33)32-17-18-36(34,35)27(21-32)19-26-20-31(22-30-26)28(23-11-5-2-6-12-23,24-13-7-3-8-14-24)25-15-9-4-10-16-25/h2-16,19-20,22,33H,17-18,21H2,1H3/b27-19-. The molecule has 36 heavy (non-hydrogen) atoms. The van der Waals surface area contributed by atoms with Crippen LogP contribution in [0, 0.1) is 0 Å². The van der Waals surface area contributed by atoms with Crippen molar-refractivity contribution in [3.05, 3.63) is 131 Å². The second-order valence-corrected chi connectivity index (χ2v) is 11.2. The van der Waals surface area contributed by atoms with Gasteiger partial charge in [0.2, 0.25) is 0 Å². The fourth-order valence-electron chi connectivity index (χ4n) is 4.95. The molecule has 0 saturated carbocycles. The molecule has 1 aromatic heterocycles. The van der Waals surface area contributed by atoms with E-state index in [2.05, 4.69) is 45.9 Å². The van der Waals surface area contributed by atoms with Crippen molar-refractivity contribution >= 4 is 23.0 Å². The smallest absolute Gasteiger partial charge is 0.376 e. The maximum Gasteiger partial charge on any atom is 0.376 e. The third kappa shape index (κ3) is 4.43. The molecule has 1 aliphatic rings. The van der Waals surface area contributed by atoms with E-state index in [1.54, 1.807) is 24.0 Å². The average molecular weight is 497 g/mol. The summed E-state index contributed by atoms with van der Waals surface area (Å²) in [6.45, 7) is 2.12. The Hall–Kier alpha value is -3.46. The van der Waals surface area contributed by atoms with Crippen LogP contribution in [0.4, 0.5) is 0 Å². The first-order valence-electron chi connectivity index (χ1n) is 12.0. The van der Waals surface area contributed by atoms with Gasteiger partial charge in [-0.25, -0.2) is 13.4 Å². The molecule has 0 aliphatic carbocycles. The molecule has 1 aliphatic heterocycles. The molecule has 0 amide bonds. The molecular weight excluding hydrogens is 469 g/mol. The van der Waals surface area contributed by atoms with Crippen LogP contribution in [0.2, 0.25) is 6.82 Å². The number of nitrogens with zero attached hydrogens (tertiary/aromatic N) is 3. The highest BCUT2D eigenvalue weighted by Gasteiger charge is 2.38. The van der Waals surface area contributed by atoms with Gasteiger partial charge in [0.05, 0.1) is 22.7 Å². The Labute approximate surface area is 212 Å². The normalized spacial score (nSPS) is 17.2. The maximum atomic E-state index is 12.8. The van der Waals surface area contributed by atoms with Crippen LogP contribution in [0.25, 0.3) is 6.08 Å². The Balaban J connectivity index is 1.70. The molecule has 0 radical (unpaired) electrons. The number of imidazole rings is 1. The summed E-state index contributed by atoms with van der Waals surface area (Å²) >= 11 is 0. The quantitative estimate of drug-likeness (QED) is 0.323. The number of hydrogen-bond acceptors (Lipinski definition) is 5. The number of hydrogen-bond donors (Lipinski definition) is 1. The van der Waals surface area contributed by atoms with Crippen molar-refractivity contribution in [1.29, 1.82) is 0 Å². The zero-order chi connectivity index (χ0) is 25.2. The third-order valence-electron chi connectivity index (χ3n) is 6.81. The molecule has 5 rings (SSSR count). The van der Waals surface area contributed by atoms with Crippen molar-refractivity contribution < 1.29 is 13.4 Å². The summed E-state index contributed by atoms with van der Waals surface area (Å²) in [4.78, 5) is 6.64. The molecule has 1 N–H and O–H groups in total. The van der Waals surface area contributed by atoms with E-state index in [9.17, 15) is 13.4 Å². The lowest BCUT2D eigenvalue weighted by atomic mass is 9.77. The summed E-state index contributed by atoms with van der Waals surface area (Å²) in [5.41, 5.74) is 3.01. The molecule has 2 heterocycles. The monoisotopic (exact) mass is 497 g/mol. The van der Waals surface area contributed by atoms with Gasteiger partial charge in [-0.1, -0.05) is 91.0 Å². The van der Waals surface area contributed by atoms with Crippen LogP contribution >= 0.6 is 0 Å². The van der Waals surface area contributed by atoms with Crippen LogP contribution < -0.4 is 0 Å². The van der Waals surface area contributed by atoms with Crippen LogP contribution in [0.5, 0.6) is 0 Å². The molecule has 6 nitrogen and oxygen atoms in total. The number of rotatable bonds is 6. The lowest BCUT2D eigenvalue weighted by Crippen LogP contribution is -2.46. The van der Waals surface area contributed by atoms with Gasteiger partial charge in [-0.3, -0.25) is 0 Å². The van der Waals surface area contributed by atoms with Crippen molar-refractivity contribution in [2.75, 3.05) is 18.8 Å². The predicted molar refractivity (Wildman–Crippen MR) is 144 cm³/mol. The molecule has 8 heteroatoms. The summed E-state index contributed by atoms with van der Waals surface area (Å²) in [6, 6.07) is 30.7. The first-order valence-corrected chi connectivity index (χ1v) is 13.6. The first kappa shape index (κ1) is 24.2. The van der Waals surface area contributed by atoms with E-state index in [1.807, 2.05) is 60.8 Å². The molecule has 0 bridgehead atoms. The van der Waals surface area contributed by atoms with E-state index in [1.165, 1.54) is 0 Å². The fraction of sp³-hybridized carbons (Fsp3) is 0.179. The van der Waals surface area contributed by atoms with Crippen molar-refractivity contribution in [2.24, 2.45) is 0 Å². The Bertz CT molecular complexity index is 1360. The van der Waals surface area contributed by atoms with Crippen LogP contribution in [0.3, 0.4) is 0 Å². The highest BCUT2D eigenvalue weighted by atomic mass is 32.2. The van der Waals surface area contributed by atoms with Crippen molar-refractivity contribution in [3.8, 4) is 0 Å². The molecule has 0 unspecified atom stereocenters. The van der Waals surface area contributed by atoms with Crippen molar-refractivity contribution in [1.82, 2.24) is 14.4 Å². The SMILES string of the molecule is CB(O)N1CCS(=O)(=O)/C(=C\c2cn(C(c3ccccc3)(c3ccccc3)c3ccccc3)cn2)C1. The minimum absolute atomic E-state index is 0.0214. The molecule has 1 saturated heterocycles. The van der Waals surface area contributed by atoms with Gasteiger partial charge >= 0.3 is 7.05 Å². The largest absolute Gasteiger partial charge is 0.437 e. The van der Waals surface area contributed by atoms with E-state index in [0.717, 1.165) is 16.7 Å². The van der Waals surface area contributed by atoms with E-state index in [-0.39, 0.29) is 17.2 Å². The Morgan fingerprint density at radius 2 is 1.39 bits per heavy atom. The van der Waals surface area contributed by atoms with E-state index in [4.69, 9.17) is 0 Å². The molecule has 1 fully saturated rings. The van der Waals surface area contributed by atoms with Gasteiger partial charge in [-0.05, 0) is 29.6 Å². The summed E-state index contributed by atoms with van der Waals surface area (Å²) in [6.07, 6.45) is 5.30. The molecule has 4 aromatic rings. The minimum atomic E-state index is -3.41. The van der Waals surface area contributed by atoms with Crippen LogP contribution in [-0.4, -0.2) is 53.7 Å². The Kier molecular flexibility index (Phi) is 6.66. The number of aromatic nitrogens is 2. The van der Waals surface area contributed by atoms with Crippen LogP contribution in [0.15, 0.2) is 108 Å². The molecule has 0 spiro atoms. The van der Waals surface area contributed by atoms with E-state index >= 15 is 0 Å². The van der Waals surface area contributed by atoms with Gasteiger partial charge < -0.3 is 14.4 Å². The highest BCUT2D eigenvalue weighted by Crippen LogP contribution is 2.40. The molecule has 182 valence electrons. The first-order chi connectivity index (χ1) is 17.4. The molecule has 0 atom stereocenters. The average Bonchev–Trinajstić information content (AvgIpc) is 3.36. The lowest BCUT2D eigenvalue weighted by Gasteiger charge is -2.37. The zero-order valence-corrected chi connectivity index (χ0v) is 20.9. The van der Waals surface area contributed by atoms with Gasteiger partial charge in [-0.2, -0.15) is 0 Å². The molecule has 3 aromatic carbocycles. The maximum absolute atomic E-state index is 12.8. The predicted octanol–water partition coefficient (Wildman–Crippen LogP) is 3.90. The zero-order valence-electron chi connectivity index (χ0n) is 20.1. The minimum Gasteiger partial charge on any atom is -0.437 e. The topological polar surface area (TPSA) is 75.4 Å². The second-order valence-electron chi connectivity index (χ2n) is 9.05. The van der Waals surface area contributed by atoms with Gasteiger partial charge in [0.15, 0.2) is 9.84 Å². The van der Waals surface area contributed by atoms with Gasteiger partial charge in [-0.15, -0.1) is 0 Å². The van der Waals surface area contributed by atoms with Crippen LogP contribution in [0.1, 0.15) is 22.4 Å². The van der Waals surface area contributed by atoms with Gasteiger partial charge in [0.1, 0.15) is 5.54 Å². The fourth-order valence-corrected chi connectivity index (χ4v) is 6.35. The van der Waals surface area contributed by atoms with Gasteiger partial charge in [0.25, 0.3) is 0 Å². The van der Waals surface area contributed by atoms with Crippen molar-refractivity contribution in [2.45, 2.75) is 12.4 Å². The highest BCUT2D eigenvalue weighted by molar-refractivity contribution is 7.95. The summed E-state index contributed by atoms with van der Waals surface area (Å²) in [5, 5.41) is 10.0. The molecular formula is C28H28BN3O3S. The Morgan fingerprint density at radius 3 is 1.86 bits per heavy atom. The van der Waals surface area contributed by atoms with Crippen molar-refractivity contribution in [3.63, 3.8) is 0 Å². The Morgan fingerprint density at radius 1 is 0.889 bits per heavy atom. The third-order valence-corrected chi connectivity index (χ3v) is 8.57. The summed E-state index contributed by atoms with van der Waals surface area (Å²) < 4.78 is 27.7. The summed E-state index contributed by atoms with van der Waals surface area (Å²) in [5.74, 6) is -0.0214.